The summed E-state index contributed by atoms with van der Waals surface area (Å²) in [6, 6.07) is 11.0. The molecule has 90 valence electrons. The van der Waals surface area contributed by atoms with Gasteiger partial charge in [-0.2, -0.15) is 0 Å². The minimum atomic E-state index is -0.154. The highest BCUT2D eigenvalue weighted by atomic mass is 32.1. The molecule has 1 atom stereocenters. The van der Waals surface area contributed by atoms with E-state index < -0.39 is 0 Å². The van der Waals surface area contributed by atoms with Gasteiger partial charge in [0.25, 0.3) is 0 Å². The highest BCUT2D eigenvalue weighted by Crippen LogP contribution is 2.14. The number of thiophene rings is 1. The van der Waals surface area contributed by atoms with E-state index in [1.165, 1.54) is 10.9 Å². The first-order valence-electron chi connectivity index (χ1n) is 5.77. The van der Waals surface area contributed by atoms with E-state index in [0.717, 1.165) is 12.8 Å². The fourth-order valence-corrected chi connectivity index (χ4v) is 2.56. The van der Waals surface area contributed by atoms with Crippen molar-refractivity contribution < 1.29 is 4.39 Å². The molecule has 0 saturated heterocycles. The maximum atomic E-state index is 13.4. The Morgan fingerprint density at radius 2 is 2.00 bits per heavy atom. The molecule has 0 fully saturated rings. The van der Waals surface area contributed by atoms with Crippen molar-refractivity contribution in [3.8, 4) is 0 Å². The molecule has 0 aliphatic heterocycles. The summed E-state index contributed by atoms with van der Waals surface area (Å²) in [5.41, 5.74) is 6.74. The standard InChI is InChI=1S/C14H16FNS/c15-14-6-2-1-4-11(14)10-12(16)7-8-13-5-3-9-17-13/h1-6,9,12H,7-8,10,16H2. The number of halogens is 1. The van der Waals surface area contributed by atoms with Gasteiger partial charge in [0.05, 0.1) is 0 Å². The summed E-state index contributed by atoms with van der Waals surface area (Å²) in [5, 5.41) is 2.07. The van der Waals surface area contributed by atoms with E-state index in [0.29, 0.717) is 12.0 Å². The van der Waals surface area contributed by atoms with Crippen molar-refractivity contribution in [1.82, 2.24) is 0 Å². The topological polar surface area (TPSA) is 26.0 Å². The van der Waals surface area contributed by atoms with Crippen LogP contribution in [0.25, 0.3) is 0 Å². The summed E-state index contributed by atoms with van der Waals surface area (Å²) in [7, 11) is 0. The smallest absolute Gasteiger partial charge is 0.126 e. The predicted molar refractivity (Wildman–Crippen MR) is 70.7 cm³/mol. The summed E-state index contributed by atoms with van der Waals surface area (Å²) < 4.78 is 13.4. The molecule has 1 heterocycles. The maximum absolute atomic E-state index is 13.4. The average molecular weight is 249 g/mol. The van der Waals surface area contributed by atoms with E-state index in [1.54, 1.807) is 23.5 Å². The van der Waals surface area contributed by atoms with Gasteiger partial charge in [0.1, 0.15) is 5.82 Å². The third-order valence-electron chi connectivity index (χ3n) is 2.78. The molecule has 1 nitrogen and oxygen atoms in total. The first-order chi connectivity index (χ1) is 8.25. The van der Waals surface area contributed by atoms with E-state index in [2.05, 4.69) is 11.4 Å². The lowest BCUT2D eigenvalue weighted by Gasteiger charge is -2.11. The van der Waals surface area contributed by atoms with Crippen LogP contribution in [-0.4, -0.2) is 6.04 Å². The minimum absolute atomic E-state index is 0.0222. The first-order valence-corrected chi connectivity index (χ1v) is 6.65. The fraction of sp³-hybridized carbons (Fsp3) is 0.286. The second-order valence-electron chi connectivity index (χ2n) is 4.17. The summed E-state index contributed by atoms with van der Waals surface area (Å²) in [6.45, 7) is 0. The Kier molecular flexibility index (Phi) is 4.29. The molecule has 0 bridgehead atoms. The van der Waals surface area contributed by atoms with Crippen molar-refractivity contribution in [2.45, 2.75) is 25.3 Å². The Morgan fingerprint density at radius 1 is 1.18 bits per heavy atom. The molecule has 17 heavy (non-hydrogen) atoms. The minimum Gasteiger partial charge on any atom is -0.327 e. The van der Waals surface area contributed by atoms with Crippen LogP contribution in [0.2, 0.25) is 0 Å². The number of hydrogen-bond donors (Lipinski definition) is 1. The fourth-order valence-electron chi connectivity index (χ4n) is 1.83. The number of aryl methyl sites for hydroxylation is 1. The summed E-state index contributed by atoms with van der Waals surface area (Å²) in [5.74, 6) is -0.154. The van der Waals surface area contributed by atoms with Crippen LogP contribution in [0.5, 0.6) is 0 Å². The van der Waals surface area contributed by atoms with Gasteiger partial charge in [-0.1, -0.05) is 24.3 Å². The quantitative estimate of drug-likeness (QED) is 0.863. The molecule has 0 saturated carbocycles. The van der Waals surface area contributed by atoms with Gasteiger partial charge in [-0.3, -0.25) is 0 Å². The molecule has 1 unspecified atom stereocenters. The predicted octanol–water partition coefficient (Wildman–Crippen LogP) is 3.39. The van der Waals surface area contributed by atoms with E-state index in [-0.39, 0.29) is 11.9 Å². The van der Waals surface area contributed by atoms with E-state index in [9.17, 15) is 4.39 Å². The molecule has 0 aliphatic rings. The van der Waals surface area contributed by atoms with E-state index in [1.807, 2.05) is 12.1 Å². The number of nitrogens with two attached hydrogens (primary N) is 1. The van der Waals surface area contributed by atoms with Crippen LogP contribution in [-0.2, 0) is 12.8 Å². The van der Waals surface area contributed by atoms with Crippen molar-refractivity contribution in [3.05, 3.63) is 58.0 Å². The summed E-state index contributed by atoms with van der Waals surface area (Å²) in [4.78, 5) is 1.34. The second-order valence-corrected chi connectivity index (χ2v) is 5.21. The van der Waals surface area contributed by atoms with Crippen LogP contribution < -0.4 is 5.73 Å². The number of benzene rings is 1. The van der Waals surface area contributed by atoms with Crippen molar-refractivity contribution in [2.24, 2.45) is 5.73 Å². The average Bonchev–Trinajstić information content (AvgIpc) is 2.82. The highest BCUT2D eigenvalue weighted by molar-refractivity contribution is 7.09. The monoisotopic (exact) mass is 249 g/mol. The molecule has 3 heteroatoms. The first kappa shape index (κ1) is 12.3. The van der Waals surface area contributed by atoms with Crippen LogP contribution >= 0.6 is 11.3 Å². The molecule has 2 rings (SSSR count). The number of hydrogen-bond acceptors (Lipinski definition) is 2. The Hall–Kier alpha value is -1.19. The molecule has 2 N–H and O–H groups in total. The zero-order chi connectivity index (χ0) is 12.1. The molecule has 0 amide bonds. The molecular weight excluding hydrogens is 233 g/mol. The van der Waals surface area contributed by atoms with Crippen molar-refractivity contribution >= 4 is 11.3 Å². The van der Waals surface area contributed by atoms with Gasteiger partial charge in [0, 0.05) is 10.9 Å². The van der Waals surface area contributed by atoms with Gasteiger partial charge in [0.2, 0.25) is 0 Å². The van der Waals surface area contributed by atoms with E-state index >= 15 is 0 Å². The molecule has 1 aromatic carbocycles. The lowest BCUT2D eigenvalue weighted by atomic mass is 10.0. The van der Waals surface area contributed by atoms with Crippen molar-refractivity contribution in [2.75, 3.05) is 0 Å². The molecular formula is C14H16FNS. The van der Waals surface area contributed by atoms with Gasteiger partial charge in [0.15, 0.2) is 0 Å². The summed E-state index contributed by atoms with van der Waals surface area (Å²) in [6.07, 6.45) is 2.49. The zero-order valence-corrected chi connectivity index (χ0v) is 10.4. The molecule has 2 aromatic rings. The lowest BCUT2D eigenvalue weighted by molar-refractivity contribution is 0.567. The third-order valence-corrected chi connectivity index (χ3v) is 3.72. The highest BCUT2D eigenvalue weighted by Gasteiger charge is 2.08. The Bertz CT molecular complexity index is 453. The number of rotatable bonds is 5. The van der Waals surface area contributed by atoms with Crippen LogP contribution in [0.4, 0.5) is 4.39 Å². The van der Waals surface area contributed by atoms with Crippen molar-refractivity contribution in [3.63, 3.8) is 0 Å². The molecule has 1 aromatic heterocycles. The van der Waals surface area contributed by atoms with Crippen molar-refractivity contribution in [1.29, 1.82) is 0 Å². The summed E-state index contributed by atoms with van der Waals surface area (Å²) >= 11 is 1.74. The van der Waals surface area contributed by atoms with Gasteiger partial charge in [-0.25, -0.2) is 4.39 Å². The molecule has 0 radical (unpaired) electrons. The maximum Gasteiger partial charge on any atom is 0.126 e. The zero-order valence-electron chi connectivity index (χ0n) is 9.60. The third kappa shape index (κ3) is 3.65. The SMILES string of the molecule is NC(CCc1cccs1)Cc1ccccc1F. The van der Waals surface area contributed by atoms with Gasteiger partial charge >= 0.3 is 0 Å². The molecule has 0 aliphatic carbocycles. The molecule has 0 spiro atoms. The van der Waals surface area contributed by atoms with E-state index in [4.69, 9.17) is 5.73 Å². The second kappa shape index (κ2) is 5.94. The van der Waals surface area contributed by atoms with Crippen LogP contribution in [0.1, 0.15) is 16.9 Å². The van der Waals surface area contributed by atoms with Crippen LogP contribution in [0.3, 0.4) is 0 Å². The van der Waals surface area contributed by atoms with Crippen LogP contribution in [0.15, 0.2) is 41.8 Å². The lowest BCUT2D eigenvalue weighted by Crippen LogP contribution is -2.23. The van der Waals surface area contributed by atoms with Gasteiger partial charge in [-0.15, -0.1) is 11.3 Å². The Balaban J connectivity index is 1.85. The van der Waals surface area contributed by atoms with Gasteiger partial charge in [-0.05, 0) is 42.3 Å². The van der Waals surface area contributed by atoms with Crippen LogP contribution in [0, 0.1) is 5.82 Å². The Morgan fingerprint density at radius 3 is 2.71 bits per heavy atom. The largest absolute Gasteiger partial charge is 0.327 e. The Labute approximate surface area is 105 Å². The van der Waals surface area contributed by atoms with Gasteiger partial charge < -0.3 is 5.73 Å². The normalized spacial score (nSPS) is 12.6.